The highest BCUT2D eigenvalue weighted by Gasteiger charge is 2.25. The normalized spacial score (nSPS) is 15.2. The number of benzene rings is 2. The van der Waals surface area contributed by atoms with E-state index in [4.69, 9.17) is 16.3 Å². The fraction of sp³-hybridized carbons (Fsp3) is 0.269. The summed E-state index contributed by atoms with van der Waals surface area (Å²) in [6.07, 6.45) is 2.81. The van der Waals surface area contributed by atoms with E-state index in [1.165, 1.54) is 19.4 Å². The number of β-amino-alcohol motifs (C(OH)–C–C–N with tert-alkyl or cyclic N) is 1. The van der Waals surface area contributed by atoms with Crippen molar-refractivity contribution in [2.75, 3.05) is 54.4 Å². The van der Waals surface area contributed by atoms with Crippen molar-refractivity contribution in [2.45, 2.75) is 12.5 Å². The molecule has 12 heteroatoms. The van der Waals surface area contributed by atoms with Crippen LogP contribution in [0.15, 0.2) is 55.3 Å². The molecule has 0 spiro atoms. The highest BCUT2D eigenvalue weighted by atomic mass is 35.5. The van der Waals surface area contributed by atoms with Crippen molar-refractivity contribution in [1.82, 2.24) is 9.97 Å². The molecule has 1 aromatic heterocycles. The van der Waals surface area contributed by atoms with Gasteiger partial charge in [-0.15, -0.1) is 0 Å². The Labute approximate surface area is 226 Å². The molecule has 1 atom stereocenters. The minimum absolute atomic E-state index is 0.217. The number of aliphatic hydroxyl groups is 1. The summed E-state index contributed by atoms with van der Waals surface area (Å²) in [7, 11) is -1.03. The third-order valence-electron chi connectivity index (χ3n) is 5.99. The lowest BCUT2D eigenvalue weighted by Gasteiger charge is -2.24. The number of methoxy groups -OCH3 is 1. The molecule has 1 aliphatic heterocycles. The van der Waals surface area contributed by atoms with Crippen molar-refractivity contribution in [3.8, 4) is 5.75 Å². The zero-order chi connectivity index (χ0) is 27.4. The van der Waals surface area contributed by atoms with Crippen LogP contribution < -0.4 is 30.9 Å². The molecule has 0 bridgehead atoms. The SMILES string of the molecule is C=CC(=O)Nc1cc(Nc2ncc(Cl)c(Nc3ccccc3P(C)(C)=O)n2)c(OC)cc1N1CCC(O)C1. The number of anilines is 6. The average Bonchev–Trinajstić information content (AvgIpc) is 3.31. The lowest BCUT2D eigenvalue weighted by Crippen LogP contribution is -2.23. The number of aromatic nitrogens is 2. The molecule has 3 aromatic rings. The van der Waals surface area contributed by atoms with Gasteiger partial charge in [-0.1, -0.05) is 30.3 Å². The number of nitrogens with zero attached hydrogens (tertiary/aromatic N) is 3. The Morgan fingerprint density at radius 1 is 1.24 bits per heavy atom. The topological polar surface area (TPSA) is 129 Å². The van der Waals surface area contributed by atoms with Crippen LogP contribution in [0.25, 0.3) is 0 Å². The molecule has 10 nitrogen and oxygen atoms in total. The summed E-state index contributed by atoms with van der Waals surface area (Å²) in [5.74, 6) is 0.648. The lowest BCUT2D eigenvalue weighted by atomic mass is 10.2. The zero-order valence-electron chi connectivity index (χ0n) is 21.4. The molecule has 38 heavy (non-hydrogen) atoms. The summed E-state index contributed by atoms with van der Waals surface area (Å²) in [6, 6.07) is 10.8. The van der Waals surface area contributed by atoms with Crippen LogP contribution in [-0.4, -0.2) is 60.6 Å². The molecule has 1 aliphatic rings. The van der Waals surface area contributed by atoms with Gasteiger partial charge in [-0.05, 0) is 44.0 Å². The van der Waals surface area contributed by atoms with Crippen molar-refractivity contribution < 1.29 is 19.2 Å². The molecule has 200 valence electrons. The number of carbonyl (C=O) groups excluding carboxylic acids is 1. The Morgan fingerprint density at radius 2 is 2.00 bits per heavy atom. The van der Waals surface area contributed by atoms with Crippen molar-refractivity contribution in [1.29, 1.82) is 0 Å². The van der Waals surface area contributed by atoms with Gasteiger partial charge in [0.15, 0.2) is 5.82 Å². The van der Waals surface area contributed by atoms with Crippen LogP contribution in [0.2, 0.25) is 5.02 Å². The first-order chi connectivity index (χ1) is 18.1. The van der Waals surface area contributed by atoms with E-state index in [0.29, 0.717) is 59.1 Å². The fourth-order valence-corrected chi connectivity index (χ4v) is 5.45. The van der Waals surface area contributed by atoms with Crippen molar-refractivity contribution in [2.24, 2.45) is 0 Å². The maximum atomic E-state index is 12.8. The van der Waals surface area contributed by atoms with Crippen LogP contribution in [0.3, 0.4) is 0 Å². The maximum Gasteiger partial charge on any atom is 0.247 e. The van der Waals surface area contributed by atoms with E-state index in [1.54, 1.807) is 25.5 Å². The quantitative estimate of drug-likeness (QED) is 0.221. The summed E-state index contributed by atoms with van der Waals surface area (Å²) >= 11 is 6.39. The zero-order valence-corrected chi connectivity index (χ0v) is 23.0. The van der Waals surface area contributed by atoms with Gasteiger partial charge < -0.3 is 35.3 Å². The maximum absolute atomic E-state index is 12.8. The van der Waals surface area contributed by atoms with Gasteiger partial charge in [-0.2, -0.15) is 4.98 Å². The predicted molar refractivity (Wildman–Crippen MR) is 154 cm³/mol. The largest absolute Gasteiger partial charge is 0.494 e. The number of para-hydroxylation sites is 1. The van der Waals surface area contributed by atoms with Crippen LogP contribution in [-0.2, 0) is 9.36 Å². The van der Waals surface area contributed by atoms with Crippen LogP contribution in [0.4, 0.5) is 34.5 Å². The summed E-state index contributed by atoms with van der Waals surface area (Å²) in [5, 5.41) is 20.1. The van der Waals surface area contributed by atoms with E-state index < -0.39 is 13.2 Å². The predicted octanol–water partition coefficient (Wildman–Crippen LogP) is 4.57. The van der Waals surface area contributed by atoms with Gasteiger partial charge in [-0.3, -0.25) is 4.79 Å². The smallest absolute Gasteiger partial charge is 0.247 e. The molecule has 0 radical (unpaired) electrons. The van der Waals surface area contributed by atoms with Crippen molar-refractivity contribution in [3.63, 3.8) is 0 Å². The van der Waals surface area contributed by atoms with Crippen LogP contribution in [0.5, 0.6) is 5.75 Å². The minimum atomic E-state index is -2.57. The van der Waals surface area contributed by atoms with E-state index in [2.05, 4.69) is 32.5 Å². The Bertz CT molecular complexity index is 1410. The molecule has 0 aliphatic carbocycles. The second-order valence-corrected chi connectivity index (χ2v) is 12.8. The standard InChI is InChI=1S/C26H30ClN6O4P/c1-5-24(35)29-19-12-20(22(37-2)13-21(19)33-11-10-16(34)15-33)31-26-28-14-17(27)25(32-26)30-18-8-6-7-9-23(18)38(3,4)36/h5-9,12-14,16,34H,1,10-11,15H2,2-4H3,(H,29,35)(H2,28,30,31,32). The first-order valence-electron chi connectivity index (χ1n) is 11.9. The first kappa shape index (κ1) is 27.4. The van der Waals surface area contributed by atoms with Gasteiger partial charge in [0.05, 0.1) is 42.2 Å². The average molecular weight is 557 g/mol. The van der Waals surface area contributed by atoms with Crippen LogP contribution in [0, 0.1) is 0 Å². The van der Waals surface area contributed by atoms with Gasteiger partial charge in [0.1, 0.15) is 17.9 Å². The number of hydrogen-bond acceptors (Lipinski definition) is 9. The monoisotopic (exact) mass is 556 g/mol. The molecular weight excluding hydrogens is 527 g/mol. The molecule has 0 saturated carbocycles. The van der Waals surface area contributed by atoms with Crippen molar-refractivity contribution in [3.05, 3.63) is 60.3 Å². The Kier molecular flexibility index (Phi) is 8.26. The number of nitrogens with one attached hydrogen (secondary N) is 3. The molecule has 4 N–H and O–H groups in total. The Morgan fingerprint density at radius 3 is 2.66 bits per heavy atom. The third kappa shape index (κ3) is 6.27. The second kappa shape index (κ2) is 11.4. The van der Waals surface area contributed by atoms with E-state index in [0.717, 1.165) is 0 Å². The first-order valence-corrected chi connectivity index (χ1v) is 14.9. The molecule has 2 aromatic carbocycles. The van der Waals surface area contributed by atoms with E-state index in [9.17, 15) is 14.5 Å². The van der Waals surface area contributed by atoms with Gasteiger partial charge in [0, 0.05) is 24.5 Å². The van der Waals surface area contributed by atoms with E-state index in [1.807, 2.05) is 29.2 Å². The fourth-order valence-electron chi connectivity index (χ4n) is 4.15. The summed E-state index contributed by atoms with van der Waals surface area (Å²) in [6.45, 7) is 8.00. The summed E-state index contributed by atoms with van der Waals surface area (Å²) < 4.78 is 18.4. The molecule has 2 heterocycles. The lowest BCUT2D eigenvalue weighted by molar-refractivity contribution is -0.111. The number of aliphatic hydroxyl groups excluding tert-OH is 1. The van der Waals surface area contributed by atoms with E-state index in [-0.39, 0.29) is 16.9 Å². The number of amides is 1. The van der Waals surface area contributed by atoms with Crippen LogP contribution >= 0.6 is 18.7 Å². The van der Waals surface area contributed by atoms with Gasteiger partial charge in [0.2, 0.25) is 11.9 Å². The summed E-state index contributed by atoms with van der Waals surface area (Å²) in [4.78, 5) is 23.0. The summed E-state index contributed by atoms with van der Waals surface area (Å²) in [5.41, 5.74) is 2.35. The van der Waals surface area contributed by atoms with E-state index >= 15 is 0 Å². The Hall–Kier alpha value is -3.59. The molecule has 1 saturated heterocycles. The van der Waals surface area contributed by atoms with Gasteiger partial charge >= 0.3 is 0 Å². The number of hydrogen-bond donors (Lipinski definition) is 4. The third-order valence-corrected chi connectivity index (χ3v) is 7.82. The number of ether oxygens (including phenoxy) is 1. The Balaban J connectivity index is 1.69. The number of carbonyl (C=O) groups is 1. The molecule has 1 amide bonds. The highest BCUT2D eigenvalue weighted by molar-refractivity contribution is 7.70. The second-order valence-electron chi connectivity index (χ2n) is 9.16. The molecular formula is C26H30ClN6O4P. The number of halogens is 1. The van der Waals surface area contributed by atoms with Crippen molar-refractivity contribution >= 4 is 64.5 Å². The van der Waals surface area contributed by atoms with Crippen LogP contribution in [0.1, 0.15) is 6.42 Å². The van der Waals surface area contributed by atoms with Gasteiger partial charge in [-0.25, -0.2) is 4.98 Å². The van der Waals surface area contributed by atoms with Gasteiger partial charge in [0.25, 0.3) is 0 Å². The molecule has 1 unspecified atom stereocenters. The molecule has 4 rings (SSSR count). The highest BCUT2D eigenvalue weighted by Crippen LogP contribution is 2.41. The minimum Gasteiger partial charge on any atom is -0.494 e. The number of rotatable bonds is 9. The molecule has 1 fully saturated rings.